The Bertz CT molecular complexity index is 808. The van der Waals surface area contributed by atoms with E-state index in [0.717, 1.165) is 16.5 Å². The van der Waals surface area contributed by atoms with E-state index in [-0.39, 0.29) is 5.91 Å². The van der Waals surface area contributed by atoms with E-state index in [4.69, 9.17) is 4.42 Å². The van der Waals surface area contributed by atoms with Gasteiger partial charge in [0.2, 0.25) is 0 Å². The average molecular weight is 309 g/mol. The van der Waals surface area contributed by atoms with Crippen molar-refractivity contribution in [3.63, 3.8) is 0 Å². The summed E-state index contributed by atoms with van der Waals surface area (Å²) in [4.78, 5) is 12.1. The highest BCUT2D eigenvalue weighted by Crippen LogP contribution is 2.20. The molecule has 4 nitrogen and oxygen atoms in total. The fraction of sp³-hybridized carbons (Fsp3) is 0.211. The van der Waals surface area contributed by atoms with Crippen LogP contribution in [0.4, 0.5) is 0 Å². The maximum Gasteiger partial charge on any atom is 0.287 e. The minimum atomic E-state index is -0.588. The van der Waals surface area contributed by atoms with Gasteiger partial charge in [0.1, 0.15) is 5.58 Å². The summed E-state index contributed by atoms with van der Waals surface area (Å²) in [5.74, 6) is 0.0268. The van der Waals surface area contributed by atoms with E-state index >= 15 is 0 Å². The SMILES string of the molecule is Cc1ccc2oc(C(=O)NCCC(O)c3ccccc3)cc2c1. The predicted molar refractivity (Wildman–Crippen MR) is 89.3 cm³/mol. The molecule has 0 saturated carbocycles. The van der Waals surface area contributed by atoms with Crippen LogP contribution in [0.15, 0.2) is 59.0 Å². The minimum Gasteiger partial charge on any atom is -0.451 e. The van der Waals surface area contributed by atoms with Crippen LogP contribution < -0.4 is 5.32 Å². The highest BCUT2D eigenvalue weighted by molar-refractivity contribution is 5.96. The maximum absolute atomic E-state index is 12.1. The van der Waals surface area contributed by atoms with Crippen molar-refractivity contribution < 1.29 is 14.3 Å². The lowest BCUT2D eigenvalue weighted by molar-refractivity contribution is 0.0917. The van der Waals surface area contributed by atoms with E-state index in [0.29, 0.717) is 24.3 Å². The molecule has 0 saturated heterocycles. The summed E-state index contributed by atoms with van der Waals surface area (Å²) in [7, 11) is 0. The molecule has 3 aromatic rings. The molecule has 3 rings (SSSR count). The van der Waals surface area contributed by atoms with Gasteiger partial charge in [0, 0.05) is 11.9 Å². The molecule has 1 unspecified atom stereocenters. The van der Waals surface area contributed by atoms with Crippen molar-refractivity contribution in [1.82, 2.24) is 5.32 Å². The Labute approximate surface area is 134 Å². The zero-order valence-corrected chi connectivity index (χ0v) is 13.0. The number of benzene rings is 2. The molecule has 0 bridgehead atoms. The predicted octanol–water partition coefficient (Wildman–Crippen LogP) is 3.59. The average Bonchev–Trinajstić information content (AvgIpc) is 2.98. The van der Waals surface area contributed by atoms with E-state index in [1.807, 2.05) is 55.5 Å². The second kappa shape index (κ2) is 6.67. The first kappa shape index (κ1) is 15.3. The third-order valence-corrected chi connectivity index (χ3v) is 3.78. The van der Waals surface area contributed by atoms with Gasteiger partial charge in [-0.05, 0) is 37.1 Å². The van der Waals surface area contributed by atoms with Gasteiger partial charge in [0.15, 0.2) is 5.76 Å². The Morgan fingerprint density at radius 1 is 1.17 bits per heavy atom. The maximum atomic E-state index is 12.1. The number of aliphatic hydroxyl groups is 1. The number of amides is 1. The number of carbonyl (C=O) groups excluding carboxylic acids is 1. The highest BCUT2D eigenvalue weighted by atomic mass is 16.3. The monoisotopic (exact) mass is 309 g/mol. The molecule has 1 amide bonds. The molecule has 1 heterocycles. The summed E-state index contributed by atoms with van der Waals surface area (Å²) in [6.45, 7) is 2.38. The molecule has 118 valence electrons. The Kier molecular flexibility index (Phi) is 4.44. The number of fused-ring (bicyclic) bond motifs is 1. The molecule has 23 heavy (non-hydrogen) atoms. The van der Waals surface area contributed by atoms with E-state index < -0.39 is 6.10 Å². The Morgan fingerprint density at radius 2 is 1.96 bits per heavy atom. The number of aliphatic hydroxyl groups excluding tert-OH is 1. The molecule has 0 aliphatic rings. The number of hydrogen-bond acceptors (Lipinski definition) is 3. The molecule has 2 aromatic carbocycles. The van der Waals surface area contributed by atoms with Crippen LogP contribution in [0.25, 0.3) is 11.0 Å². The van der Waals surface area contributed by atoms with Crippen molar-refractivity contribution in [3.05, 3.63) is 71.5 Å². The summed E-state index contributed by atoms with van der Waals surface area (Å²) in [5, 5.41) is 13.8. The molecule has 4 heteroatoms. The van der Waals surface area contributed by atoms with Gasteiger partial charge in [0.05, 0.1) is 6.10 Å². The number of nitrogens with one attached hydrogen (secondary N) is 1. The summed E-state index contributed by atoms with van der Waals surface area (Å²) >= 11 is 0. The van der Waals surface area contributed by atoms with Crippen LogP contribution in [0.1, 0.15) is 34.2 Å². The summed E-state index contributed by atoms with van der Waals surface area (Å²) in [6, 6.07) is 16.9. The smallest absolute Gasteiger partial charge is 0.287 e. The third kappa shape index (κ3) is 3.60. The molecule has 0 fully saturated rings. The quantitative estimate of drug-likeness (QED) is 0.757. The molecule has 1 atom stereocenters. The normalized spacial score (nSPS) is 12.3. The van der Waals surface area contributed by atoms with Gasteiger partial charge < -0.3 is 14.8 Å². The van der Waals surface area contributed by atoms with E-state index in [1.165, 1.54) is 0 Å². The topological polar surface area (TPSA) is 62.5 Å². The van der Waals surface area contributed by atoms with E-state index in [1.54, 1.807) is 6.07 Å². The molecule has 1 aromatic heterocycles. The van der Waals surface area contributed by atoms with Crippen molar-refractivity contribution in [2.75, 3.05) is 6.54 Å². The van der Waals surface area contributed by atoms with Crippen LogP contribution >= 0.6 is 0 Å². The molecule has 2 N–H and O–H groups in total. The number of aryl methyl sites for hydroxylation is 1. The third-order valence-electron chi connectivity index (χ3n) is 3.78. The van der Waals surface area contributed by atoms with Crippen molar-refractivity contribution in [1.29, 1.82) is 0 Å². The number of furan rings is 1. The molecule has 0 radical (unpaired) electrons. The van der Waals surface area contributed by atoms with E-state index in [2.05, 4.69) is 5.32 Å². The fourth-order valence-corrected chi connectivity index (χ4v) is 2.53. The van der Waals surface area contributed by atoms with Gasteiger partial charge in [-0.3, -0.25) is 4.79 Å². The zero-order chi connectivity index (χ0) is 16.2. The van der Waals surface area contributed by atoms with Crippen LogP contribution in [-0.4, -0.2) is 17.6 Å². The second-order valence-corrected chi connectivity index (χ2v) is 5.62. The fourth-order valence-electron chi connectivity index (χ4n) is 2.53. The van der Waals surface area contributed by atoms with Crippen LogP contribution in [0, 0.1) is 6.92 Å². The summed E-state index contributed by atoms with van der Waals surface area (Å²) in [5.41, 5.74) is 2.67. The first-order valence-electron chi connectivity index (χ1n) is 7.65. The lowest BCUT2D eigenvalue weighted by Crippen LogP contribution is -2.25. The van der Waals surface area contributed by atoms with Crippen molar-refractivity contribution in [3.8, 4) is 0 Å². The highest BCUT2D eigenvalue weighted by Gasteiger charge is 2.13. The molecule has 0 aliphatic heterocycles. The number of rotatable bonds is 5. The van der Waals surface area contributed by atoms with Gasteiger partial charge in [0.25, 0.3) is 5.91 Å². The van der Waals surface area contributed by atoms with Gasteiger partial charge >= 0.3 is 0 Å². The van der Waals surface area contributed by atoms with Crippen molar-refractivity contribution >= 4 is 16.9 Å². The van der Waals surface area contributed by atoms with Crippen molar-refractivity contribution in [2.24, 2.45) is 0 Å². The van der Waals surface area contributed by atoms with Crippen LogP contribution in [0.3, 0.4) is 0 Å². The van der Waals surface area contributed by atoms with Crippen molar-refractivity contribution in [2.45, 2.75) is 19.4 Å². The second-order valence-electron chi connectivity index (χ2n) is 5.62. The van der Waals surface area contributed by atoms with Crippen LogP contribution in [-0.2, 0) is 0 Å². The van der Waals surface area contributed by atoms with E-state index in [9.17, 15) is 9.90 Å². The van der Waals surface area contributed by atoms with Gasteiger partial charge in [-0.15, -0.1) is 0 Å². The van der Waals surface area contributed by atoms with Gasteiger partial charge in [-0.25, -0.2) is 0 Å². The summed E-state index contributed by atoms with van der Waals surface area (Å²) in [6.07, 6.45) is -0.135. The lowest BCUT2D eigenvalue weighted by atomic mass is 10.1. The minimum absolute atomic E-state index is 0.265. The number of hydrogen-bond donors (Lipinski definition) is 2. The molecular weight excluding hydrogens is 290 g/mol. The summed E-state index contributed by atoms with van der Waals surface area (Å²) < 4.78 is 5.55. The van der Waals surface area contributed by atoms with Crippen LogP contribution in [0.5, 0.6) is 0 Å². The molecular formula is C19H19NO3. The first-order valence-corrected chi connectivity index (χ1v) is 7.65. The Hall–Kier alpha value is -2.59. The standard InChI is InChI=1S/C19H19NO3/c1-13-7-8-17-15(11-13)12-18(23-17)19(22)20-10-9-16(21)14-5-3-2-4-6-14/h2-8,11-12,16,21H,9-10H2,1H3,(H,20,22). The first-order chi connectivity index (χ1) is 11.1. The Morgan fingerprint density at radius 3 is 2.74 bits per heavy atom. The molecule has 0 aliphatic carbocycles. The Balaban J connectivity index is 1.58. The van der Waals surface area contributed by atoms with Gasteiger partial charge in [-0.2, -0.15) is 0 Å². The number of carbonyl (C=O) groups is 1. The van der Waals surface area contributed by atoms with Crippen LogP contribution in [0.2, 0.25) is 0 Å². The van der Waals surface area contributed by atoms with Gasteiger partial charge in [-0.1, -0.05) is 42.0 Å². The zero-order valence-electron chi connectivity index (χ0n) is 13.0. The lowest BCUT2D eigenvalue weighted by Gasteiger charge is -2.10. The largest absolute Gasteiger partial charge is 0.451 e. The molecule has 0 spiro atoms.